The lowest BCUT2D eigenvalue weighted by atomic mass is 10.1. The van der Waals surface area contributed by atoms with Gasteiger partial charge in [0.1, 0.15) is 5.75 Å². The SMILES string of the molecule is CCOc1ccc(NC(=O)CN(CCc2ccccc2)S(C)(=O)=O)cc1. The van der Waals surface area contributed by atoms with Crippen molar-refractivity contribution in [3.63, 3.8) is 0 Å². The van der Waals surface area contributed by atoms with Gasteiger partial charge in [0.25, 0.3) is 0 Å². The minimum Gasteiger partial charge on any atom is -0.494 e. The minimum absolute atomic E-state index is 0.223. The van der Waals surface area contributed by atoms with Crippen LogP contribution in [0.3, 0.4) is 0 Å². The molecule has 7 heteroatoms. The second kappa shape index (κ2) is 9.35. The van der Waals surface area contributed by atoms with Crippen molar-refractivity contribution in [1.82, 2.24) is 4.31 Å². The summed E-state index contributed by atoms with van der Waals surface area (Å²) < 4.78 is 30.5. The van der Waals surface area contributed by atoms with E-state index in [1.54, 1.807) is 24.3 Å². The number of carbonyl (C=O) groups excluding carboxylic acids is 1. The number of sulfonamides is 1. The molecule has 0 bridgehead atoms. The molecule has 6 nitrogen and oxygen atoms in total. The zero-order valence-electron chi connectivity index (χ0n) is 15.0. The lowest BCUT2D eigenvalue weighted by molar-refractivity contribution is -0.116. The largest absolute Gasteiger partial charge is 0.494 e. The van der Waals surface area contributed by atoms with Gasteiger partial charge in [-0.1, -0.05) is 30.3 Å². The third-order valence-electron chi connectivity index (χ3n) is 3.73. The molecular weight excluding hydrogens is 352 g/mol. The van der Waals surface area contributed by atoms with E-state index in [0.717, 1.165) is 11.8 Å². The minimum atomic E-state index is -3.48. The molecule has 2 rings (SSSR count). The first kappa shape index (κ1) is 19.9. The first-order valence-corrected chi connectivity index (χ1v) is 10.2. The highest BCUT2D eigenvalue weighted by Crippen LogP contribution is 2.15. The first-order valence-electron chi connectivity index (χ1n) is 8.40. The molecule has 1 N–H and O–H groups in total. The lowest BCUT2D eigenvalue weighted by Gasteiger charge is -2.19. The maximum atomic E-state index is 12.2. The van der Waals surface area contributed by atoms with Crippen molar-refractivity contribution in [2.45, 2.75) is 13.3 Å². The second-order valence-electron chi connectivity index (χ2n) is 5.84. The lowest BCUT2D eigenvalue weighted by Crippen LogP contribution is -2.38. The van der Waals surface area contributed by atoms with Gasteiger partial charge in [-0.05, 0) is 43.2 Å². The number of hydrogen-bond acceptors (Lipinski definition) is 4. The molecule has 0 fully saturated rings. The van der Waals surface area contributed by atoms with Crippen molar-refractivity contribution in [1.29, 1.82) is 0 Å². The van der Waals surface area contributed by atoms with E-state index in [-0.39, 0.29) is 19.0 Å². The molecule has 0 aliphatic heterocycles. The first-order chi connectivity index (χ1) is 12.4. The molecule has 2 aromatic rings. The molecule has 1 amide bonds. The topological polar surface area (TPSA) is 75.7 Å². The zero-order valence-corrected chi connectivity index (χ0v) is 15.8. The van der Waals surface area contributed by atoms with Crippen molar-refractivity contribution in [2.24, 2.45) is 0 Å². The van der Waals surface area contributed by atoms with E-state index in [0.29, 0.717) is 24.5 Å². The highest BCUT2D eigenvalue weighted by Gasteiger charge is 2.20. The number of amides is 1. The second-order valence-corrected chi connectivity index (χ2v) is 7.82. The Labute approximate surface area is 154 Å². The predicted molar refractivity (Wildman–Crippen MR) is 103 cm³/mol. The van der Waals surface area contributed by atoms with E-state index in [1.807, 2.05) is 37.3 Å². The fraction of sp³-hybridized carbons (Fsp3) is 0.316. The summed E-state index contributed by atoms with van der Waals surface area (Å²) in [5.41, 5.74) is 1.61. The van der Waals surface area contributed by atoms with Crippen LogP contribution in [0.15, 0.2) is 54.6 Å². The van der Waals surface area contributed by atoms with Crippen LogP contribution in [0.25, 0.3) is 0 Å². The monoisotopic (exact) mass is 376 g/mol. The van der Waals surface area contributed by atoms with Crippen LogP contribution >= 0.6 is 0 Å². The number of nitrogens with one attached hydrogen (secondary N) is 1. The molecule has 0 heterocycles. The molecule has 2 aromatic carbocycles. The molecule has 0 saturated heterocycles. The number of benzene rings is 2. The van der Waals surface area contributed by atoms with Crippen LogP contribution < -0.4 is 10.1 Å². The van der Waals surface area contributed by atoms with Gasteiger partial charge in [0.05, 0.1) is 19.4 Å². The maximum Gasteiger partial charge on any atom is 0.239 e. The standard InChI is InChI=1S/C19H24N2O4S/c1-3-25-18-11-9-17(10-12-18)20-19(22)15-21(26(2,23)24)14-13-16-7-5-4-6-8-16/h4-12H,3,13-15H2,1-2H3,(H,20,22). The molecule has 0 aliphatic rings. The summed E-state index contributed by atoms with van der Waals surface area (Å²) in [7, 11) is -3.48. The van der Waals surface area contributed by atoms with E-state index < -0.39 is 10.0 Å². The zero-order chi connectivity index (χ0) is 19.0. The Hall–Kier alpha value is -2.38. The summed E-state index contributed by atoms with van der Waals surface area (Å²) in [6, 6.07) is 16.5. The van der Waals surface area contributed by atoms with Gasteiger partial charge in [-0.15, -0.1) is 0 Å². The van der Waals surface area contributed by atoms with E-state index in [9.17, 15) is 13.2 Å². The van der Waals surface area contributed by atoms with E-state index in [4.69, 9.17) is 4.74 Å². The summed E-state index contributed by atoms with van der Waals surface area (Å²) in [6.07, 6.45) is 1.66. The highest BCUT2D eigenvalue weighted by atomic mass is 32.2. The Morgan fingerprint density at radius 2 is 1.73 bits per heavy atom. The summed E-state index contributed by atoms with van der Waals surface area (Å²) in [5, 5.41) is 2.71. The molecule has 26 heavy (non-hydrogen) atoms. The summed E-state index contributed by atoms with van der Waals surface area (Å²) in [6.45, 7) is 2.49. The number of hydrogen-bond donors (Lipinski definition) is 1. The predicted octanol–water partition coefficient (Wildman–Crippen LogP) is 2.53. The number of rotatable bonds is 9. The van der Waals surface area contributed by atoms with Crippen LogP contribution in [0.5, 0.6) is 5.75 Å². The molecule has 140 valence electrons. The fourth-order valence-electron chi connectivity index (χ4n) is 2.42. The van der Waals surface area contributed by atoms with Gasteiger partial charge in [-0.2, -0.15) is 4.31 Å². The smallest absolute Gasteiger partial charge is 0.239 e. The third-order valence-corrected chi connectivity index (χ3v) is 4.98. The summed E-state index contributed by atoms with van der Waals surface area (Å²) in [4.78, 5) is 12.2. The number of ether oxygens (including phenoxy) is 1. The Kier molecular flexibility index (Phi) is 7.17. The Balaban J connectivity index is 1.95. The van der Waals surface area contributed by atoms with E-state index in [1.165, 1.54) is 4.31 Å². The average molecular weight is 376 g/mol. The van der Waals surface area contributed by atoms with Gasteiger partial charge in [-0.25, -0.2) is 8.42 Å². The Morgan fingerprint density at radius 1 is 1.08 bits per heavy atom. The van der Waals surface area contributed by atoms with E-state index in [2.05, 4.69) is 5.32 Å². The molecule has 0 radical (unpaired) electrons. The molecule has 0 spiro atoms. The van der Waals surface area contributed by atoms with Crippen molar-refractivity contribution >= 4 is 21.6 Å². The summed E-state index contributed by atoms with van der Waals surface area (Å²) in [5.74, 6) is 0.332. The van der Waals surface area contributed by atoms with Crippen LogP contribution in [0.1, 0.15) is 12.5 Å². The van der Waals surface area contributed by atoms with Crippen molar-refractivity contribution < 1.29 is 17.9 Å². The molecule has 0 unspecified atom stereocenters. The Morgan fingerprint density at radius 3 is 2.31 bits per heavy atom. The molecule has 0 aromatic heterocycles. The fourth-order valence-corrected chi connectivity index (χ4v) is 3.20. The molecule has 0 aliphatic carbocycles. The third kappa shape index (κ3) is 6.50. The molecule has 0 saturated carbocycles. The van der Waals surface area contributed by atoms with Gasteiger partial charge in [0.15, 0.2) is 0 Å². The van der Waals surface area contributed by atoms with Crippen molar-refractivity contribution in [3.8, 4) is 5.75 Å². The molecule has 0 atom stereocenters. The van der Waals surface area contributed by atoms with E-state index >= 15 is 0 Å². The van der Waals surface area contributed by atoms with Crippen LogP contribution in [-0.2, 0) is 21.2 Å². The van der Waals surface area contributed by atoms with Gasteiger partial charge < -0.3 is 10.1 Å². The maximum absolute atomic E-state index is 12.2. The van der Waals surface area contributed by atoms with Crippen LogP contribution in [0.2, 0.25) is 0 Å². The quantitative estimate of drug-likeness (QED) is 0.730. The van der Waals surface area contributed by atoms with Crippen LogP contribution in [-0.4, -0.2) is 44.6 Å². The van der Waals surface area contributed by atoms with Crippen LogP contribution in [0.4, 0.5) is 5.69 Å². The highest BCUT2D eigenvalue weighted by molar-refractivity contribution is 7.88. The average Bonchev–Trinajstić information content (AvgIpc) is 2.60. The van der Waals surface area contributed by atoms with Gasteiger partial charge >= 0.3 is 0 Å². The number of carbonyl (C=O) groups is 1. The van der Waals surface area contributed by atoms with Gasteiger partial charge in [0.2, 0.25) is 15.9 Å². The van der Waals surface area contributed by atoms with Gasteiger partial charge in [-0.3, -0.25) is 4.79 Å². The summed E-state index contributed by atoms with van der Waals surface area (Å²) >= 11 is 0. The Bertz CT molecular complexity index is 805. The van der Waals surface area contributed by atoms with Crippen molar-refractivity contribution in [3.05, 3.63) is 60.2 Å². The molecular formula is C19H24N2O4S. The number of anilines is 1. The van der Waals surface area contributed by atoms with Crippen LogP contribution in [0, 0.1) is 0 Å². The number of nitrogens with zero attached hydrogens (tertiary/aromatic N) is 1. The normalized spacial score (nSPS) is 11.3. The van der Waals surface area contributed by atoms with Crippen molar-refractivity contribution in [2.75, 3.05) is 31.3 Å². The van der Waals surface area contributed by atoms with Gasteiger partial charge in [0, 0.05) is 12.2 Å².